The Bertz CT molecular complexity index is 980. The Morgan fingerprint density at radius 3 is 2.96 bits per heavy atom. The number of carbonyl (C=O) groups excluding carboxylic acids is 2. The van der Waals surface area contributed by atoms with Gasteiger partial charge in [0.1, 0.15) is 0 Å². The van der Waals surface area contributed by atoms with Crippen LogP contribution in [-0.4, -0.2) is 22.0 Å². The molecule has 0 saturated carbocycles. The molecule has 0 atom stereocenters. The van der Waals surface area contributed by atoms with Gasteiger partial charge in [-0.05, 0) is 42.3 Å². The molecule has 2 amide bonds. The van der Waals surface area contributed by atoms with E-state index in [2.05, 4.69) is 36.8 Å². The maximum Gasteiger partial charge on any atom is 0.257 e. The Morgan fingerprint density at radius 1 is 1.21 bits per heavy atom. The van der Waals surface area contributed by atoms with E-state index in [-0.39, 0.29) is 11.8 Å². The number of fused-ring (bicyclic) bond motifs is 2. The van der Waals surface area contributed by atoms with E-state index < -0.39 is 0 Å². The topological polar surface area (TPSA) is 86.9 Å². The van der Waals surface area contributed by atoms with Crippen LogP contribution in [0.25, 0.3) is 10.9 Å². The Labute approximate surface area is 145 Å². The van der Waals surface area contributed by atoms with Gasteiger partial charge in [-0.25, -0.2) is 0 Å². The molecule has 6 nitrogen and oxygen atoms in total. The van der Waals surface area contributed by atoms with E-state index in [0.29, 0.717) is 29.9 Å². The molecule has 1 aliphatic rings. The molecule has 24 heavy (non-hydrogen) atoms. The molecule has 0 bridgehead atoms. The van der Waals surface area contributed by atoms with E-state index in [1.54, 1.807) is 12.1 Å². The fourth-order valence-corrected chi connectivity index (χ4v) is 3.25. The van der Waals surface area contributed by atoms with Crippen LogP contribution < -0.4 is 10.6 Å². The number of carbonyl (C=O) groups is 2. The van der Waals surface area contributed by atoms with Gasteiger partial charge in [0.05, 0.1) is 5.52 Å². The predicted molar refractivity (Wildman–Crippen MR) is 95.1 cm³/mol. The lowest BCUT2D eigenvalue weighted by Gasteiger charge is -2.19. The first kappa shape index (κ1) is 14.9. The zero-order chi connectivity index (χ0) is 16.7. The monoisotopic (exact) mass is 384 g/mol. The predicted octanol–water partition coefficient (Wildman–Crippen LogP) is 3.46. The lowest BCUT2D eigenvalue weighted by molar-refractivity contribution is -0.116. The van der Waals surface area contributed by atoms with E-state index >= 15 is 0 Å². The summed E-state index contributed by atoms with van der Waals surface area (Å²) < 4.78 is 0.909. The van der Waals surface area contributed by atoms with Crippen molar-refractivity contribution in [1.29, 1.82) is 0 Å². The minimum Gasteiger partial charge on any atom is -0.326 e. The fourth-order valence-electron chi connectivity index (χ4n) is 2.89. The van der Waals surface area contributed by atoms with Crippen LogP contribution in [-0.2, 0) is 11.2 Å². The quantitative estimate of drug-likeness (QED) is 0.632. The van der Waals surface area contributed by atoms with Crippen LogP contribution in [0.4, 0.5) is 11.5 Å². The van der Waals surface area contributed by atoms with Gasteiger partial charge in [-0.15, -0.1) is 0 Å². The maximum absolute atomic E-state index is 12.7. The fraction of sp³-hybridized carbons (Fsp3) is 0.118. The van der Waals surface area contributed by atoms with Crippen molar-refractivity contribution in [2.45, 2.75) is 12.8 Å². The smallest absolute Gasteiger partial charge is 0.257 e. The molecular formula is C17H13BrN4O2. The van der Waals surface area contributed by atoms with Crippen molar-refractivity contribution in [1.82, 2.24) is 10.2 Å². The lowest BCUT2D eigenvalue weighted by Crippen LogP contribution is -2.23. The van der Waals surface area contributed by atoms with Crippen molar-refractivity contribution in [3.05, 3.63) is 52.0 Å². The molecule has 0 radical (unpaired) electrons. The number of hydrogen-bond acceptors (Lipinski definition) is 3. The lowest BCUT2D eigenvalue weighted by atomic mass is 9.97. The molecule has 4 rings (SSSR count). The van der Waals surface area contributed by atoms with Crippen LogP contribution >= 0.6 is 15.9 Å². The van der Waals surface area contributed by atoms with Gasteiger partial charge in [0.2, 0.25) is 5.91 Å². The number of aromatic amines is 1. The van der Waals surface area contributed by atoms with Crippen LogP contribution in [0.2, 0.25) is 0 Å². The first-order chi connectivity index (χ1) is 11.6. The summed E-state index contributed by atoms with van der Waals surface area (Å²) in [4.78, 5) is 24.2. The van der Waals surface area contributed by atoms with Gasteiger partial charge in [0, 0.05) is 27.5 Å². The molecule has 0 saturated heterocycles. The third-order valence-electron chi connectivity index (χ3n) is 4.05. The first-order valence-electron chi connectivity index (χ1n) is 7.48. The van der Waals surface area contributed by atoms with Gasteiger partial charge in [-0.2, -0.15) is 5.10 Å². The second-order valence-electron chi connectivity index (χ2n) is 5.60. The zero-order valence-corrected chi connectivity index (χ0v) is 14.1. The number of aromatic nitrogens is 2. The molecule has 0 aliphatic carbocycles. The average Bonchev–Trinajstić information content (AvgIpc) is 2.96. The minimum absolute atomic E-state index is 0.0248. The van der Waals surface area contributed by atoms with Crippen LogP contribution in [0, 0.1) is 0 Å². The molecule has 0 fully saturated rings. The molecule has 7 heteroatoms. The second-order valence-corrected chi connectivity index (χ2v) is 6.51. The van der Waals surface area contributed by atoms with E-state index in [9.17, 15) is 9.59 Å². The number of hydrogen-bond donors (Lipinski definition) is 3. The SMILES string of the molecule is O=C1CCc2c(cccc2C(=O)Nc2n[nH]c3ccc(Br)cc23)N1. The molecule has 0 unspecified atom stereocenters. The number of benzene rings is 2. The molecular weight excluding hydrogens is 372 g/mol. The van der Waals surface area contributed by atoms with Crippen LogP contribution in [0.3, 0.4) is 0 Å². The summed E-state index contributed by atoms with van der Waals surface area (Å²) in [6, 6.07) is 11.0. The maximum atomic E-state index is 12.7. The third-order valence-corrected chi connectivity index (χ3v) is 4.55. The summed E-state index contributed by atoms with van der Waals surface area (Å²) in [5, 5.41) is 13.6. The molecule has 2 heterocycles. The van der Waals surface area contributed by atoms with Crippen molar-refractivity contribution in [2.75, 3.05) is 10.6 Å². The van der Waals surface area contributed by atoms with E-state index in [1.807, 2.05) is 24.3 Å². The molecule has 3 aromatic rings. The number of H-pyrrole nitrogens is 1. The highest BCUT2D eigenvalue weighted by molar-refractivity contribution is 9.10. The van der Waals surface area contributed by atoms with Crippen LogP contribution in [0.15, 0.2) is 40.9 Å². The largest absolute Gasteiger partial charge is 0.326 e. The first-order valence-corrected chi connectivity index (χ1v) is 8.28. The highest BCUT2D eigenvalue weighted by Gasteiger charge is 2.21. The Hall–Kier alpha value is -2.67. The number of halogens is 1. The molecule has 1 aliphatic heterocycles. The van der Waals surface area contributed by atoms with Gasteiger partial charge in [0.25, 0.3) is 5.91 Å². The summed E-state index contributed by atoms with van der Waals surface area (Å²) in [5.41, 5.74) is 2.96. The van der Waals surface area contributed by atoms with Crippen molar-refractivity contribution < 1.29 is 9.59 Å². The van der Waals surface area contributed by atoms with Gasteiger partial charge in [0.15, 0.2) is 5.82 Å². The highest BCUT2D eigenvalue weighted by atomic mass is 79.9. The normalized spacial score (nSPS) is 13.5. The van der Waals surface area contributed by atoms with Crippen LogP contribution in [0.5, 0.6) is 0 Å². The molecule has 120 valence electrons. The zero-order valence-electron chi connectivity index (χ0n) is 12.5. The standard InChI is InChI=1S/C17H13BrN4O2/c18-9-4-6-14-12(8-9)16(22-21-14)20-17(24)11-2-1-3-13-10(11)5-7-15(23)19-13/h1-4,6,8H,5,7H2,(H,19,23)(H2,20,21,22,24). The van der Waals surface area contributed by atoms with Gasteiger partial charge >= 0.3 is 0 Å². The van der Waals surface area contributed by atoms with Crippen molar-refractivity contribution in [2.24, 2.45) is 0 Å². The van der Waals surface area contributed by atoms with Gasteiger partial charge in [-0.3, -0.25) is 14.7 Å². The van der Waals surface area contributed by atoms with Crippen molar-refractivity contribution in [3.8, 4) is 0 Å². The van der Waals surface area contributed by atoms with Crippen molar-refractivity contribution in [3.63, 3.8) is 0 Å². The number of rotatable bonds is 2. The Kier molecular flexibility index (Phi) is 3.57. The van der Waals surface area contributed by atoms with E-state index in [4.69, 9.17) is 0 Å². The van der Waals surface area contributed by atoms with E-state index in [1.165, 1.54) is 0 Å². The molecule has 3 N–H and O–H groups in total. The number of amides is 2. The second kappa shape index (κ2) is 5.76. The minimum atomic E-state index is -0.239. The summed E-state index contributed by atoms with van der Waals surface area (Å²) in [6.45, 7) is 0. The highest BCUT2D eigenvalue weighted by Crippen LogP contribution is 2.28. The summed E-state index contributed by atoms with van der Waals surface area (Å²) in [5.74, 6) is 0.216. The number of anilines is 2. The molecule has 2 aromatic carbocycles. The summed E-state index contributed by atoms with van der Waals surface area (Å²) in [6.07, 6.45) is 0.938. The summed E-state index contributed by atoms with van der Waals surface area (Å²) in [7, 11) is 0. The number of nitrogens with zero attached hydrogens (tertiary/aromatic N) is 1. The van der Waals surface area contributed by atoms with Gasteiger partial charge < -0.3 is 10.6 Å². The average molecular weight is 385 g/mol. The Balaban J connectivity index is 1.68. The Morgan fingerprint density at radius 2 is 2.08 bits per heavy atom. The number of nitrogens with one attached hydrogen (secondary N) is 3. The van der Waals surface area contributed by atoms with Gasteiger partial charge in [-0.1, -0.05) is 22.0 Å². The third kappa shape index (κ3) is 2.56. The molecule has 1 aromatic heterocycles. The molecule has 0 spiro atoms. The van der Waals surface area contributed by atoms with Crippen LogP contribution in [0.1, 0.15) is 22.3 Å². The summed E-state index contributed by atoms with van der Waals surface area (Å²) >= 11 is 3.42. The van der Waals surface area contributed by atoms with Crippen molar-refractivity contribution >= 4 is 50.2 Å². The van der Waals surface area contributed by atoms with E-state index in [0.717, 1.165) is 20.9 Å².